The molecule has 0 saturated carbocycles. The van der Waals surface area contributed by atoms with Crippen molar-refractivity contribution in [2.45, 2.75) is 0 Å². The Hall–Kier alpha value is -2.24. The topological polar surface area (TPSA) is 105 Å². The molecular formula is C11H12N2O5S. The number of hydrogen-bond acceptors (Lipinski definition) is 5. The second-order valence-electron chi connectivity index (χ2n) is 3.20. The number of amides is 1. The second-order valence-corrected chi connectivity index (χ2v) is 4.62. The number of aliphatic hydroxyl groups is 1. The Morgan fingerprint density at radius 1 is 1.42 bits per heavy atom. The Kier molecular flexibility index (Phi) is 5.17. The van der Waals surface area contributed by atoms with E-state index in [1.807, 2.05) is 0 Å². The van der Waals surface area contributed by atoms with Gasteiger partial charge in [-0.3, -0.25) is 4.72 Å². The molecule has 1 aromatic carbocycles. The van der Waals surface area contributed by atoms with Crippen molar-refractivity contribution in [1.29, 1.82) is 0 Å². The smallest absolute Gasteiger partial charge is 0.422 e. The quantitative estimate of drug-likeness (QED) is 0.680. The number of rotatable bonds is 3. The summed E-state index contributed by atoms with van der Waals surface area (Å²) in [5.41, 5.74) is 0.548. The first-order valence-electron chi connectivity index (χ1n) is 5.06. The lowest BCUT2D eigenvalue weighted by atomic mass is 10.2. The molecule has 7 nitrogen and oxygen atoms in total. The number of nitrogens with one attached hydrogen (secondary N) is 2. The van der Waals surface area contributed by atoms with Crippen LogP contribution in [0.5, 0.6) is 0 Å². The van der Waals surface area contributed by atoms with Crippen LogP contribution >= 0.6 is 0 Å². The van der Waals surface area contributed by atoms with Crippen LogP contribution in [0.3, 0.4) is 0 Å². The van der Waals surface area contributed by atoms with Crippen LogP contribution in [-0.2, 0) is 14.9 Å². The van der Waals surface area contributed by atoms with Gasteiger partial charge < -0.3 is 9.84 Å². The number of hydrogen-bond donors (Lipinski definition) is 3. The predicted molar refractivity (Wildman–Crippen MR) is 68.5 cm³/mol. The molecule has 0 bridgehead atoms. The maximum Gasteiger partial charge on any atom is 0.422 e. The Balaban J connectivity index is 2.96. The van der Waals surface area contributed by atoms with Crippen LogP contribution in [0.15, 0.2) is 24.3 Å². The lowest BCUT2D eigenvalue weighted by Crippen LogP contribution is -2.35. The van der Waals surface area contributed by atoms with Crippen molar-refractivity contribution in [3.63, 3.8) is 0 Å². The average Bonchev–Trinajstić information content (AvgIpc) is 2.36. The molecule has 0 saturated heterocycles. The van der Waals surface area contributed by atoms with E-state index in [0.717, 1.165) is 7.11 Å². The minimum atomic E-state index is -4.10. The van der Waals surface area contributed by atoms with Crippen LogP contribution in [0.2, 0.25) is 0 Å². The van der Waals surface area contributed by atoms with Crippen LogP contribution in [0.1, 0.15) is 5.56 Å². The first kappa shape index (κ1) is 14.8. The van der Waals surface area contributed by atoms with E-state index in [9.17, 15) is 13.2 Å². The van der Waals surface area contributed by atoms with Gasteiger partial charge in [-0.15, -0.1) is 0 Å². The van der Waals surface area contributed by atoms with Gasteiger partial charge in [0.25, 0.3) is 0 Å². The van der Waals surface area contributed by atoms with Gasteiger partial charge in [0.15, 0.2) is 0 Å². The van der Waals surface area contributed by atoms with Crippen molar-refractivity contribution >= 4 is 22.0 Å². The highest BCUT2D eigenvalue weighted by molar-refractivity contribution is 7.91. The Morgan fingerprint density at radius 3 is 2.74 bits per heavy atom. The van der Waals surface area contributed by atoms with Gasteiger partial charge in [-0.2, -0.15) is 8.42 Å². The van der Waals surface area contributed by atoms with Gasteiger partial charge in [-0.05, 0) is 12.1 Å². The SMILES string of the molecule is COC(=O)NS(=O)(=O)Nc1ccccc1C#CCO. The van der Waals surface area contributed by atoms with Gasteiger partial charge in [-0.25, -0.2) is 9.52 Å². The van der Waals surface area contributed by atoms with Crippen molar-refractivity contribution in [2.75, 3.05) is 18.4 Å². The van der Waals surface area contributed by atoms with E-state index < -0.39 is 16.3 Å². The van der Waals surface area contributed by atoms with Crippen LogP contribution in [0, 0.1) is 11.8 Å². The summed E-state index contributed by atoms with van der Waals surface area (Å²) in [5, 5.41) is 8.62. The second kappa shape index (κ2) is 6.63. The van der Waals surface area contributed by atoms with Crippen molar-refractivity contribution < 1.29 is 23.1 Å². The molecule has 102 valence electrons. The summed E-state index contributed by atoms with van der Waals surface area (Å²) in [7, 11) is -3.05. The fraction of sp³-hybridized carbons (Fsp3) is 0.182. The molecule has 1 rings (SSSR count). The summed E-state index contributed by atoms with van der Waals surface area (Å²) in [6, 6.07) is 6.30. The van der Waals surface area contributed by atoms with E-state index in [0.29, 0.717) is 5.56 Å². The standard InChI is InChI=1S/C11H12N2O5S/c1-18-11(15)13-19(16,17)12-10-7-3-2-5-9(10)6-4-8-14/h2-3,5,7,12,14H,8H2,1H3,(H,13,15). The summed E-state index contributed by atoms with van der Waals surface area (Å²) in [6.45, 7) is -0.346. The molecule has 0 atom stereocenters. The first-order valence-corrected chi connectivity index (χ1v) is 6.54. The number of aliphatic hydroxyl groups excluding tert-OH is 1. The third kappa shape index (κ3) is 4.87. The van der Waals surface area contributed by atoms with Gasteiger partial charge in [0, 0.05) is 5.56 Å². The number of carbonyl (C=O) groups excluding carboxylic acids is 1. The maximum absolute atomic E-state index is 11.6. The first-order chi connectivity index (χ1) is 8.98. The number of anilines is 1. The maximum atomic E-state index is 11.6. The molecule has 0 aliphatic rings. The lowest BCUT2D eigenvalue weighted by molar-refractivity contribution is 0.177. The highest BCUT2D eigenvalue weighted by atomic mass is 32.2. The molecule has 3 N–H and O–H groups in total. The van der Waals surface area contributed by atoms with Crippen LogP contribution in [0.25, 0.3) is 0 Å². The average molecular weight is 284 g/mol. The summed E-state index contributed by atoms with van der Waals surface area (Å²) in [6.07, 6.45) is -1.11. The Bertz CT molecular complexity index is 615. The summed E-state index contributed by atoms with van der Waals surface area (Å²) >= 11 is 0. The van der Waals surface area contributed by atoms with Gasteiger partial charge >= 0.3 is 16.3 Å². The normalized spacial score (nSPS) is 10.0. The molecule has 0 aliphatic heterocycles. The highest BCUT2D eigenvalue weighted by Gasteiger charge is 2.15. The fourth-order valence-electron chi connectivity index (χ4n) is 1.14. The van der Waals surface area contributed by atoms with E-state index >= 15 is 0 Å². The number of ether oxygens (including phenoxy) is 1. The predicted octanol–water partition coefficient (Wildman–Crippen LogP) is 0.0431. The lowest BCUT2D eigenvalue weighted by Gasteiger charge is -2.09. The summed E-state index contributed by atoms with van der Waals surface area (Å²) in [4.78, 5) is 10.9. The zero-order chi connectivity index (χ0) is 14.3. The third-order valence-electron chi connectivity index (χ3n) is 1.88. The van der Waals surface area contributed by atoms with E-state index in [2.05, 4.69) is 21.3 Å². The summed E-state index contributed by atoms with van der Waals surface area (Å²) in [5.74, 6) is 4.98. The monoisotopic (exact) mass is 284 g/mol. The molecule has 0 aromatic heterocycles. The van der Waals surface area contributed by atoms with Crippen molar-refractivity contribution in [1.82, 2.24) is 4.72 Å². The van der Waals surface area contributed by atoms with Crippen LogP contribution in [-0.4, -0.2) is 33.3 Å². The molecule has 0 spiro atoms. The molecule has 1 amide bonds. The molecule has 0 fully saturated rings. The van der Waals surface area contributed by atoms with Crippen molar-refractivity contribution in [3.05, 3.63) is 29.8 Å². The third-order valence-corrected chi connectivity index (χ3v) is 2.80. The molecular weight excluding hydrogens is 272 g/mol. The van der Waals surface area contributed by atoms with E-state index in [1.54, 1.807) is 22.9 Å². The van der Waals surface area contributed by atoms with E-state index in [1.165, 1.54) is 6.07 Å². The minimum Gasteiger partial charge on any atom is -0.452 e. The Labute approximate surface area is 110 Å². The van der Waals surface area contributed by atoms with Crippen molar-refractivity contribution in [2.24, 2.45) is 0 Å². The molecule has 19 heavy (non-hydrogen) atoms. The van der Waals surface area contributed by atoms with Crippen LogP contribution in [0.4, 0.5) is 10.5 Å². The number of benzene rings is 1. The van der Waals surface area contributed by atoms with Gasteiger partial charge in [0.05, 0.1) is 12.8 Å². The van der Waals surface area contributed by atoms with Gasteiger partial charge in [-0.1, -0.05) is 24.0 Å². The number of para-hydroxylation sites is 1. The molecule has 0 unspecified atom stereocenters. The number of carbonyl (C=O) groups is 1. The minimum absolute atomic E-state index is 0.180. The number of methoxy groups -OCH3 is 1. The van der Waals surface area contributed by atoms with Crippen LogP contribution < -0.4 is 9.44 Å². The van der Waals surface area contributed by atoms with Crippen molar-refractivity contribution in [3.8, 4) is 11.8 Å². The van der Waals surface area contributed by atoms with E-state index in [-0.39, 0.29) is 12.3 Å². The fourth-order valence-corrected chi connectivity index (χ4v) is 1.96. The molecule has 0 radical (unpaired) electrons. The zero-order valence-corrected chi connectivity index (χ0v) is 10.8. The molecule has 8 heteroatoms. The molecule has 0 aliphatic carbocycles. The summed E-state index contributed by atoms with van der Waals surface area (Å²) < 4.78 is 31.1. The van der Waals surface area contributed by atoms with Gasteiger partial charge in [0.2, 0.25) is 0 Å². The molecule has 1 aromatic rings. The zero-order valence-electron chi connectivity index (χ0n) is 10.0. The van der Waals surface area contributed by atoms with Gasteiger partial charge in [0.1, 0.15) is 6.61 Å². The highest BCUT2D eigenvalue weighted by Crippen LogP contribution is 2.14. The molecule has 0 heterocycles. The Morgan fingerprint density at radius 2 is 2.11 bits per heavy atom. The largest absolute Gasteiger partial charge is 0.452 e. The van der Waals surface area contributed by atoms with E-state index in [4.69, 9.17) is 5.11 Å².